The molecule has 0 aliphatic carbocycles. The van der Waals surface area contributed by atoms with Crippen LogP contribution in [0.3, 0.4) is 0 Å². The summed E-state index contributed by atoms with van der Waals surface area (Å²) in [6.45, 7) is 2.62. The van der Waals surface area contributed by atoms with Gasteiger partial charge in [0, 0.05) is 29.4 Å². The molecule has 0 bridgehead atoms. The van der Waals surface area contributed by atoms with E-state index in [1.54, 1.807) is 18.2 Å². The second-order valence-corrected chi connectivity index (χ2v) is 8.63. The molecule has 0 radical (unpaired) electrons. The van der Waals surface area contributed by atoms with Crippen molar-refractivity contribution in [3.8, 4) is 0 Å². The van der Waals surface area contributed by atoms with Gasteiger partial charge in [-0.05, 0) is 42.3 Å². The number of hydrogen-bond donors (Lipinski definition) is 0. The lowest BCUT2D eigenvalue weighted by atomic mass is 10.1. The highest BCUT2D eigenvalue weighted by Gasteiger charge is 2.16. The Morgan fingerprint density at radius 2 is 1.85 bits per heavy atom. The maximum atomic E-state index is 12.1. The van der Waals surface area contributed by atoms with Crippen molar-refractivity contribution in [2.45, 2.75) is 31.2 Å². The summed E-state index contributed by atoms with van der Waals surface area (Å²) >= 11 is 0. The van der Waals surface area contributed by atoms with Gasteiger partial charge in [-0.3, -0.25) is 0 Å². The van der Waals surface area contributed by atoms with Gasteiger partial charge in [-0.1, -0.05) is 31.5 Å². The van der Waals surface area contributed by atoms with Gasteiger partial charge in [0.1, 0.15) is 0 Å². The predicted octanol–water partition coefficient (Wildman–Crippen LogP) is 3.83. The molecule has 1 heterocycles. The first kappa shape index (κ1) is 19.2. The highest BCUT2D eigenvalue weighted by Crippen LogP contribution is 2.26. The van der Waals surface area contributed by atoms with Crippen molar-refractivity contribution in [3.63, 3.8) is 0 Å². The lowest BCUT2D eigenvalue weighted by molar-refractivity contribution is 0.0599. The van der Waals surface area contributed by atoms with Crippen molar-refractivity contribution in [3.05, 3.63) is 65.4 Å². The fourth-order valence-electron chi connectivity index (χ4n) is 3.32. The number of carbonyl (C=O) groups is 1. The average molecular weight is 385 g/mol. The molecule has 0 amide bonds. The fraction of sp³-hybridized carbons (Fsp3) is 0.286. The topological polar surface area (TPSA) is 65.4 Å². The SMILES string of the molecule is CCCc1cc2cc(S(C)(=O)=O)ccc2n1Cc1ccccc1C(=O)OC. The Balaban J connectivity index is 2.14. The van der Waals surface area contributed by atoms with Crippen molar-refractivity contribution in [2.24, 2.45) is 0 Å². The van der Waals surface area contributed by atoms with Gasteiger partial charge < -0.3 is 9.30 Å². The van der Waals surface area contributed by atoms with Crippen molar-refractivity contribution in [1.82, 2.24) is 4.57 Å². The van der Waals surface area contributed by atoms with Gasteiger partial charge >= 0.3 is 5.97 Å². The van der Waals surface area contributed by atoms with Crippen LogP contribution >= 0.6 is 0 Å². The van der Waals surface area contributed by atoms with E-state index in [1.165, 1.54) is 13.4 Å². The number of nitrogens with zero attached hydrogens (tertiary/aromatic N) is 1. The lowest BCUT2D eigenvalue weighted by Crippen LogP contribution is -2.10. The van der Waals surface area contributed by atoms with Gasteiger partial charge in [0.15, 0.2) is 9.84 Å². The zero-order chi connectivity index (χ0) is 19.6. The van der Waals surface area contributed by atoms with Crippen LogP contribution in [-0.2, 0) is 27.5 Å². The maximum Gasteiger partial charge on any atom is 0.338 e. The van der Waals surface area contributed by atoms with E-state index in [-0.39, 0.29) is 5.97 Å². The van der Waals surface area contributed by atoms with Crippen LogP contribution in [-0.4, -0.2) is 32.3 Å². The second-order valence-electron chi connectivity index (χ2n) is 6.61. The number of fused-ring (bicyclic) bond motifs is 1. The molecule has 0 N–H and O–H groups in total. The number of aryl methyl sites for hydroxylation is 1. The van der Waals surface area contributed by atoms with Gasteiger partial charge in [-0.15, -0.1) is 0 Å². The van der Waals surface area contributed by atoms with Crippen molar-refractivity contribution >= 4 is 26.7 Å². The van der Waals surface area contributed by atoms with Crippen molar-refractivity contribution in [1.29, 1.82) is 0 Å². The number of rotatable bonds is 6. The Bertz CT molecular complexity index is 1100. The van der Waals surface area contributed by atoms with E-state index in [4.69, 9.17) is 4.74 Å². The summed E-state index contributed by atoms with van der Waals surface area (Å²) in [6, 6.07) is 14.6. The van der Waals surface area contributed by atoms with Crippen LogP contribution in [0.5, 0.6) is 0 Å². The van der Waals surface area contributed by atoms with Crippen LogP contribution in [0.1, 0.15) is 35.0 Å². The minimum atomic E-state index is -3.26. The molecule has 3 rings (SSSR count). The quantitative estimate of drug-likeness (QED) is 0.605. The molecule has 0 fully saturated rings. The highest BCUT2D eigenvalue weighted by molar-refractivity contribution is 7.90. The summed E-state index contributed by atoms with van der Waals surface area (Å²) in [7, 11) is -1.89. The van der Waals surface area contributed by atoms with Gasteiger partial charge in [0.05, 0.1) is 17.6 Å². The molecular formula is C21H23NO4S. The first-order chi connectivity index (χ1) is 12.8. The van der Waals surface area contributed by atoms with Crippen LogP contribution in [0.4, 0.5) is 0 Å². The van der Waals surface area contributed by atoms with E-state index in [2.05, 4.69) is 11.5 Å². The molecule has 0 saturated carbocycles. The Hall–Kier alpha value is -2.60. The van der Waals surface area contributed by atoms with Crippen LogP contribution in [0.15, 0.2) is 53.4 Å². The molecule has 0 aliphatic heterocycles. The first-order valence-electron chi connectivity index (χ1n) is 8.83. The van der Waals surface area contributed by atoms with Crippen LogP contribution in [0, 0.1) is 0 Å². The third-order valence-electron chi connectivity index (χ3n) is 4.64. The molecule has 3 aromatic rings. The highest BCUT2D eigenvalue weighted by atomic mass is 32.2. The van der Waals surface area contributed by atoms with E-state index >= 15 is 0 Å². The first-order valence-corrected chi connectivity index (χ1v) is 10.7. The summed E-state index contributed by atoms with van der Waals surface area (Å²) < 4.78 is 30.8. The zero-order valence-corrected chi connectivity index (χ0v) is 16.5. The molecule has 0 aliphatic rings. The smallest absolute Gasteiger partial charge is 0.338 e. The molecule has 5 nitrogen and oxygen atoms in total. The third-order valence-corrected chi connectivity index (χ3v) is 5.75. The number of esters is 1. The number of sulfone groups is 1. The number of aromatic nitrogens is 1. The summed E-state index contributed by atoms with van der Waals surface area (Å²) in [5.41, 5.74) is 3.46. The van der Waals surface area contributed by atoms with Gasteiger partial charge in [-0.2, -0.15) is 0 Å². The molecule has 0 atom stereocenters. The average Bonchev–Trinajstić information content (AvgIpc) is 2.98. The minimum Gasteiger partial charge on any atom is -0.465 e. The molecule has 1 aromatic heterocycles. The maximum absolute atomic E-state index is 12.1. The lowest BCUT2D eigenvalue weighted by Gasteiger charge is -2.13. The molecule has 0 unspecified atom stereocenters. The monoisotopic (exact) mass is 385 g/mol. The standard InChI is InChI=1S/C21H23NO4S/c1-4-7-17-12-16-13-18(27(3,24)25)10-11-20(16)22(17)14-15-8-5-6-9-19(15)21(23)26-2/h5-6,8-13H,4,7,14H2,1-3H3. The summed E-state index contributed by atoms with van der Waals surface area (Å²) in [4.78, 5) is 12.4. The number of methoxy groups -OCH3 is 1. The fourth-order valence-corrected chi connectivity index (χ4v) is 3.98. The number of benzene rings is 2. The van der Waals surface area contributed by atoms with E-state index in [9.17, 15) is 13.2 Å². The Morgan fingerprint density at radius 3 is 2.52 bits per heavy atom. The molecule has 6 heteroatoms. The molecule has 27 heavy (non-hydrogen) atoms. The molecule has 0 saturated heterocycles. The summed E-state index contributed by atoms with van der Waals surface area (Å²) in [5.74, 6) is -0.363. The largest absolute Gasteiger partial charge is 0.465 e. The van der Waals surface area contributed by atoms with Crippen LogP contribution in [0.2, 0.25) is 0 Å². The van der Waals surface area contributed by atoms with Crippen LogP contribution < -0.4 is 0 Å². The normalized spacial score (nSPS) is 11.7. The molecule has 2 aromatic carbocycles. The molecule has 142 valence electrons. The van der Waals surface area contributed by atoms with E-state index < -0.39 is 9.84 Å². The van der Waals surface area contributed by atoms with Crippen molar-refractivity contribution < 1.29 is 17.9 Å². The van der Waals surface area contributed by atoms with Gasteiger partial charge in [0.2, 0.25) is 0 Å². The van der Waals surface area contributed by atoms with E-state index in [1.807, 2.05) is 30.3 Å². The molecule has 0 spiro atoms. The summed E-state index contributed by atoms with van der Waals surface area (Å²) in [6.07, 6.45) is 3.04. The minimum absolute atomic E-state index is 0.310. The number of carbonyl (C=O) groups excluding carboxylic acids is 1. The van der Waals surface area contributed by atoms with Gasteiger partial charge in [-0.25, -0.2) is 13.2 Å². The van der Waals surface area contributed by atoms with Gasteiger partial charge in [0.25, 0.3) is 0 Å². The predicted molar refractivity (Wildman–Crippen MR) is 106 cm³/mol. The Kier molecular flexibility index (Phi) is 5.37. The molecular weight excluding hydrogens is 362 g/mol. The third kappa shape index (κ3) is 3.90. The van der Waals surface area contributed by atoms with Crippen molar-refractivity contribution in [2.75, 3.05) is 13.4 Å². The van der Waals surface area contributed by atoms with E-state index in [0.29, 0.717) is 17.0 Å². The Labute approximate surface area is 159 Å². The van der Waals surface area contributed by atoms with E-state index in [0.717, 1.165) is 35.0 Å². The Morgan fingerprint density at radius 1 is 1.11 bits per heavy atom. The number of hydrogen-bond acceptors (Lipinski definition) is 4. The summed E-state index contributed by atoms with van der Waals surface area (Å²) in [5, 5.41) is 0.886. The van der Waals surface area contributed by atoms with Crippen LogP contribution in [0.25, 0.3) is 10.9 Å². The number of ether oxygens (including phenoxy) is 1. The zero-order valence-electron chi connectivity index (χ0n) is 15.7. The second kappa shape index (κ2) is 7.56.